The summed E-state index contributed by atoms with van der Waals surface area (Å²) in [5.41, 5.74) is 6.67. The molecule has 0 aromatic heterocycles. The van der Waals surface area contributed by atoms with Crippen LogP contribution in [0.1, 0.15) is 40.2 Å². The number of carbonyl (C=O) groups excluding carboxylic acids is 3. The smallest absolute Gasteiger partial charge is 0.326 e. The number of carboxylic acids is 1. The lowest BCUT2D eigenvalue weighted by Gasteiger charge is -2.27. The van der Waals surface area contributed by atoms with E-state index in [1.807, 2.05) is 6.07 Å². The molecule has 1 aromatic rings. The molecule has 0 spiro atoms. The Hall–Kier alpha value is -2.98. The van der Waals surface area contributed by atoms with Crippen molar-refractivity contribution in [3.8, 4) is 0 Å². The van der Waals surface area contributed by atoms with Crippen LogP contribution >= 0.6 is 0 Å². The van der Waals surface area contributed by atoms with Gasteiger partial charge in [-0.2, -0.15) is 0 Å². The van der Waals surface area contributed by atoms with Gasteiger partial charge in [0.1, 0.15) is 18.1 Å². The van der Waals surface area contributed by atoms with E-state index >= 15 is 0 Å². The Morgan fingerprint density at radius 3 is 1.82 bits per heavy atom. The molecule has 7 N–H and O–H groups in total. The molecule has 0 bridgehead atoms. The van der Waals surface area contributed by atoms with Crippen molar-refractivity contribution in [2.45, 2.75) is 71.3 Å². The SMILES string of the molecule is CC(C)C(N)C(=O)NC(Cc1ccccc1)C(=O)NC(C(=O)NC(C(=O)O)C(C)C)C(C)O. The number of nitrogens with one attached hydrogen (secondary N) is 3. The second-order valence-electron chi connectivity index (χ2n) is 8.82. The van der Waals surface area contributed by atoms with Crippen LogP contribution in [0, 0.1) is 11.8 Å². The first-order valence-corrected chi connectivity index (χ1v) is 11.0. The molecular formula is C23H36N4O6. The molecule has 10 heteroatoms. The van der Waals surface area contributed by atoms with Gasteiger partial charge in [-0.15, -0.1) is 0 Å². The van der Waals surface area contributed by atoms with Crippen LogP contribution in [0.3, 0.4) is 0 Å². The molecule has 1 aromatic carbocycles. The summed E-state index contributed by atoms with van der Waals surface area (Å²) in [7, 11) is 0. The van der Waals surface area contributed by atoms with E-state index in [0.29, 0.717) is 0 Å². The number of aliphatic carboxylic acids is 1. The molecule has 0 saturated heterocycles. The summed E-state index contributed by atoms with van der Waals surface area (Å²) in [5.74, 6) is -3.88. The van der Waals surface area contributed by atoms with Gasteiger partial charge < -0.3 is 31.9 Å². The number of hydrogen-bond acceptors (Lipinski definition) is 6. The van der Waals surface area contributed by atoms with Gasteiger partial charge in [-0.05, 0) is 24.3 Å². The molecule has 0 radical (unpaired) electrons. The van der Waals surface area contributed by atoms with E-state index in [1.165, 1.54) is 6.92 Å². The fourth-order valence-corrected chi connectivity index (χ4v) is 3.05. The Labute approximate surface area is 194 Å². The monoisotopic (exact) mass is 464 g/mol. The van der Waals surface area contributed by atoms with E-state index < -0.39 is 59.9 Å². The summed E-state index contributed by atoms with van der Waals surface area (Å²) >= 11 is 0. The highest BCUT2D eigenvalue weighted by molar-refractivity contribution is 5.94. The van der Waals surface area contributed by atoms with E-state index in [0.717, 1.165) is 5.56 Å². The van der Waals surface area contributed by atoms with E-state index in [4.69, 9.17) is 5.73 Å². The Balaban J connectivity index is 3.08. The van der Waals surface area contributed by atoms with Crippen LogP contribution in [0.2, 0.25) is 0 Å². The van der Waals surface area contributed by atoms with Crippen LogP contribution in [0.4, 0.5) is 0 Å². The first-order valence-electron chi connectivity index (χ1n) is 11.0. The molecule has 1 rings (SSSR count). The van der Waals surface area contributed by atoms with Crippen molar-refractivity contribution < 1.29 is 29.4 Å². The zero-order valence-electron chi connectivity index (χ0n) is 19.7. The van der Waals surface area contributed by atoms with Gasteiger partial charge in [0.15, 0.2) is 0 Å². The normalized spacial score (nSPS) is 15.8. The summed E-state index contributed by atoms with van der Waals surface area (Å²) < 4.78 is 0. The molecule has 33 heavy (non-hydrogen) atoms. The van der Waals surface area contributed by atoms with Crippen molar-refractivity contribution in [1.29, 1.82) is 0 Å². The van der Waals surface area contributed by atoms with Crippen LogP contribution in [0.25, 0.3) is 0 Å². The number of nitrogens with two attached hydrogens (primary N) is 1. The largest absolute Gasteiger partial charge is 0.480 e. The highest BCUT2D eigenvalue weighted by atomic mass is 16.4. The Morgan fingerprint density at radius 2 is 1.36 bits per heavy atom. The van der Waals surface area contributed by atoms with Crippen LogP contribution in [0.15, 0.2) is 30.3 Å². The van der Waals surface area contributed by atoms with E-state index in [1.54, 1.807) is 52.0 Å². The minimum absolute atomic E-state index is 0.126. The molecule has 10 nitrogen and oxygen atoms in total. The molecule has 5 atom stereocenters. The molecule has 0 saturated carbocycles. The van der Waals surface area contributed by atoms with Gasteiger partial charge in [-0.25, -0.2) is 4.79 Å². The van der Waals surface area contributed by atoms with Gasteiger partial charge in [-0.1, -0.05) is 58.0 Å². The molecule has 184 valence electrons. The van der Waals surface area contributed by atoms with Gasteiger partial charge in [0.25, 0.3) is 0 Å². The maximum absolute atomic E-state index is 13.1. The topological polar surface area (TPSA) is 171 Å². The number of amides is 3. The lowest BCUT2D eigenvalue weighted by Crippen LogP contribution is -2.60. The third-order valence-corrected chi connectivity index (χ3v) is 5.23. The third kappa shape index (κ3) is 8.82. The van der Waals surface area contributed by atoms with Gasteiger partial charge >= 0.3 is 5.97 Å². The second-order valence-corrected chi connectivity index (χ2v) is 8.82. The molecule has 0 fully saturated rings. The minimum atomic E-state index is -1.42. The molecule has 0 aliphatic carbocycles. The van der Waals surface area contributed by atoms with Crippen LogP contribution in [0.5, 0.6) is 0 Å². The van der Waals surface area contributed by atoms with Crippen LogP contribution in [-0.4, -0.2) is 64.2 Å². The number of aliphatic hydroxyl groups excluding tert-OH is 1. The molecule has 0 heterocycles. The first-order chi connectivity index (χ1) is 15.3. The Morgan fingerprint density at radius 1 is 0.818 bits per heavy atom. The van der Waals surface area contributed by atoms with Crippen molar-refractivity contribution in [3.63, 3.8) is 0 Å². The first kappa shape index (κ1) is 28.1. The molecule has 5 unspecified atom stereocenters. The highest BCUT2D eigenvalue weighted by Crippen LogP contribution is 2.08. The van der Waals surface area contributed by atoms with Gasteiger partial charge in [-0.3, -0.25) is 14.4 Å². The van der Waals surface area contributed by atoms with Crippen molar-refractivity contribution >= 4 is 23.7 Å². The quantitative estimate of drug-likeness (QED) is 0.248. The van der Waals surface area contributed by atoms with E-state index in [9.17, 15) is 29.4 Å². The van der Waals surface area contributed by atoms with Crippen molar-refractivity contribution in [2.75, 3.05) is 0 Å². The maximum Gasteiger partial charge on any atom is 0.326 e. The van der Waals surface area contributed by atoms with Gasteiger partial charge in [0, 0.05) is 6.42 Å². The predicted molar refractivity (Wildman–Crippen MR) is 123 cm³/mol. The molecular weight excluding hydrogens is 428 g/mol. The predicted octanol–water partition coefficient (Wildman–Crippen LogP) is -0.212. The summed E-state index contributed by atoms with van der Waals surface area (Å²) in [5, 5.41) is 26.8. The number of rotatable bonds is 12. The minimum Gasteiger partial charge on any atom is -0.480 e. The fraction of sp³-hybridized carbons (Fsp3) is 0.565. The lowest BCUT2D eigenvalue weighted by atomic mass is 10.0. The summed E-state index contributed by atoms with van der Waals surface area (Å²) in [6.07, 6.45) is -1.19. The zero-order valence-corrected chi connectivity index (χ0v) is 19.7. The third-order valence-electron chi connectivity index (χ3n) is 5.23. The van der Waals surface area contributed by atoms with Gasteiger partial charge in [0.05, 0.1) is 12.1 Å². The number of carbonyl (C=O) groups is 4. The number of carboxylic acid groups (broad SMARTS) is 1. The number of aliphatic hydroxyl groups is 1. The van der Waals surface area contributed by atoms with Crippen molar-refractivity contribution in [2.24, 2.45) is 17.6 Å². The number of benzene rings is 1. The average molecular weight is 465 g/mol. The van der Waals surface area contributed by atoms with E-state index in [-0.39, 0.29) is 12.3 Å². The fourth-order valence-electron chi connectivity index (χ4n) is 3.05. The summed E-state index contributed by atoms with van der Waals surface area (Å²) in [6, 6.07) is 4.43. The van der Waals surface area contributed by atoms with Crippen molar-refractivity contribution in [3.05, 3.63) is 35.9 Å². The van der Waals surface area contributed by atoms with Crippen LogP contribution < -0.4 is 21.7 Å². The maximum atomic E-state index is 13.1. The lowest BCUT2D eigenvalue weighted by molar-refractivity contribution is -0.144. The standard InChI is InChI=1S/C23H36N4O6/c1-12(2)17(24)21(30)25-16(11-15-9-7-6-8-10-15)20(29)27-19(14(5)28)22(31)26-18(13(3)4)23(32)33/h6-10,12-14,16-19,28H,11,24H2,1-5H3,(H,25,30)(H,26,31)(H,27,29)(H,32,33). The van der Waals surface area contributed by atoms with E-state index in [2.05, 4.69) is 16.0 Å². The Kier molecular flexibility index (Phi) is 11.0. The summed E-state index contributed by atoms with van der Waals surface area (Å²) in [4.78, 5) is 49.7. The number of hydrogen-bond donors (Lipinski definition) is 6. The highest BCUT2D eigenvalue weighted by Gasteiger charge is 2.33. The average Bonchev–Trinajstić information content (AvgIpc) is 2.74. The molecule has 0 aliphatic rings. The van der Waals surface area contributed by atoms with Gasteiger partial charge in [0.2, 0.25) is 17.7 Å². The zero-order chi connectivity index (χ0) is 25.3. The summed E-state index contributed by atoms with van der Waals surface area (Å²) in [6.45, 7) is 8.10. The molecule has 0 aliphatic heterocycles. The van der Waals surface area contributed by atoms with Crippen LogP contribution in [-0.2, 0) is 25.6 Å². The second kappa shape index (κ2) is 12.9. The Bertz CT molecular complexity index is 812. The van der Waals surface area contributed by atoms with Crippen molar-refractivity contribution in [1.82, 2.24) is 16.0 Å². The molecule has 3 amide bonds.